The van der Waals surface area contributed by atoms with Gasteiger partial charge in [-0.05, 0) is 34.1 Å². The van der Waals surface area contributed by atoms with Gasteiger partial charge in [0.25, 0.3) is 0 Å². The molecule has 3 rings (SSSR count). The summed E-state index contributed by atoms with van der Waals surface area (Å²) in [5.74, 6) is -0.227. The monoisotopic (exact) mass is 339 g/mol. The molecule has 0 bridgehead atoms. The Bertz CT molecular complexity index is 785. The second kappa shape index (κ2) is 4.51. The van der Waals surface area contributed by atoms with Crippen LogP contribution in [-0.2, 0) is 0 Å². The second-order valence-corrected chi connectivity index (χ2v) is 5.27. The zero-order chi connectivity index (χ0) is 13.6. The molecule has 3 aromatic rings. The van der Waals surface area contributed by atoms with Crippen LogP contribution in [0, 0.1) is 5.82 Å². The number of nitrogens with zero attached hydrogens (tertiary/aromatic N) is 2. The lowest BCUT2D eigenvalue weighted by atomic mass is 10.2. The van der Waals surface area contributed by atoms with Crippen LogP contribution in [0.2, 0.25) is 5.02 Å². The van der Waals surface area contributed by atoms with E-state index in [4.69, 9.17) is 17.3 Å². The first-order valence-corrected chi connectivity index (χ1v) is 6.63. The van der Waals surface area contributed by atoms with E-state index >= 15 is 0 Å². The van der Waals surface area contributed by atoms with Crippen LogP contribution in [0.4, 0.5) is 10.3 Å². The molecule has 0 fully saturated rings. The topological polar surface area (TPSA) is 43.8 Å². The summed E-state index contributed by atoms with van der Waals surface area (Å²) < 4.78 is 16.0. The maximum Gasteiger partial charge on any atom is 0.205 e. The summed E-state index contributed by atoms with van der Waals surface area (Å²) in [6.07, 6.45) is 0. The Kier molecular flexibility index (Phi) is 2.95. The van der Waals surface area contributed by atoms with Gasteiger partial charge in [-0.1, -0.05) is 23.7 Å². The van der Waals surface area contributed by atoms with Gasteiger partial charge in [0.2, 0.25) is 5.95 Å². The molecule has 19 heavy (non-hydrogen) atoms. The van der Waals surface area contributed by atoms with Crippen LogP contribution >= 0.6 is 27.5 Å². The van der Waals surface area contributed by atoms with Crippen molar-refractivity contribution < 1.29 is 4.39 Å². The van der Waals surface area contributed by atoms with Gasteiger partial charge < -0.3 is 5.73 Å². The van der Waals surface area contributed by atoms with E-state index in [9.17, 15) is 4.39 Å². The van der Waals surface area contributed by atoms with Crippen molar-refractivity contribution in [3.63, 3.8) is 0 Å². The average Bonchev–Trinajstić information content (AvgIpc) is 2.66. The Morgan fingerprint density at radius 1 is 1.26 bits per heavy atom. The number of halogens is 3. The highest BCUT2D eigenvalue weighted by Gasteiger charge is 2.14. The molecule has 6 heteroatoms. The van der Waals surface area contributed by atoms with Crippen molar-refractivity contribution in [1.29, 1.82) is 0 Å². The predicted molar refractivity (Wildman–Crippen MR) is 78.2 cm³/mol. The van der Waals surface area contributed by atoms with Crippen LogP contribution in [0.15, 0.2) is 40.9 Å². The van der Waals surface area contributed by atoms with Crippen molar-refractivity contribution >= 4 is 44.5 Å². The second-order valence-electron chi connectivity index (χ2n) is 4.01. The molecule has 2 aromatic carbocycles. The van der Waals surface area contributed by atoms with Gasteiger partial charge in [0.15, 0.2) is 0 Å². The molecule has 0 saturated carbocycles. The number of fused-ring (bicyclic) bond motifs is 1. The van der Waals surface area contributed by atoms with Crippen LogP contribution < -0.4 is 5.73 Å². The highest BCUT2D eigenvalue weighted by Crippen LogP contribution is 2.30. The van der Waals surface area contributed by atoms with Crippen molar-refractivity contribution in [2.45, 2.75) is 0 Å². The van der Waals surface area contributed by atoms with Crippen LogP contribution in [-0.4, -0.2) is 9.55 Å². The molecule has 0 aliphatic heterocycles. The summed E-state index contributed by atoms with van der Waals surface area (Å²) >= 11 is 9.29. The Morgan fingerprint density at radius 3 is 2.74 bits per heavy atom. The molecule has 0 amide bonds. The molecule has 0 radical (unpaired) electrons. The van der Waals surface area contributed by atoms with Gasteiger partial charge in [-0.2, -0.15) is 0 Å². The molecular weight excluding hydrogens is 333 g/mol. The van der Waals surface area contributed by atoms with Gasteiger partial charge in [-0.25, -0.2) is 9.37 Å². The molecule has 1 heterocycles. The Labute approximate surface area is 121 Å². The third-order valence-electron chi connectivity index (χ3n) is 2.82. The molecule has 0 saturated heterocycles. The fourth-order valence-corrected chi connectivity index (χ4v) is 2.60. The molecule has 96 valence electrons. The average molecular weight is 341 g/mol. The molecule has 0 unspecified atom stereocenters. The molecule has 0 aliphatic rings. The Hall–Kier alpha value is -1.59. The highest BCUT2D eigenvalue weighted by atomic mass is 79.9. The number of hydrogen-bond acceptors (Lipinski definition) is 2. The lowest BCUT2D eigenvalue weighted by molar-refractivity contribution is 0.630. The number of nitrogen functional groups attached to an aromatic ring is 1. The summed E-state index contributed by atoms with van der Waals surface area (Å²) in [7, 11) is 0. The molecule has 0 spiro atoms. The number of imidazole rings is 1. The van der Waals surface area contributed by atoms with E-state index in [1.165, 1.54) is 12.1 Å². The number of benzene rings is 2. The Balaban J connectivity index is 2.38. The van der Waals surface area contributed by atoms with Gasteiger partial charge in [-0.15, -0.1) is 0 Å². The molecule has 3 nitrogen and oxygen atoms in total. The first kappa shape index (κ1) is 12.4. The van der Waals surface area contributed by atoms with Crippen molar-refractivity contribution in [3.8, 4) is 5.69 Å². The van der Waals surface area contributed by atoms with E-state index in [0.29, 0.717) is 11.0 Å². The Morgan fingerprint density at radius 2 is 2.00 bits per heavy atom. The predicted octanol–water partition coefficient (Wildman–Crippen LogP) is 4.16. The summed E-state index contributed by atoms with van der Waals surface area (Å²) in [6.45, 7) is 0. The number of nitrogens with two attached hydrogens (primary N) is 1. The fraction of sp³-hybridized carbons (Fsp3) is 0. The minimum absolute atomic E-state index is 0.0423. The van der Waals surface area contributed by atoms with Crippen molar-refractivity contribution in [1.82, 2.24) is 9.55 Å². The first-order chi connectivity index (χ1) is 9.08. The van der Waals surface area contributed by atoms with E-state index in [1.807, 2.05) is 24.3 Å². The zero-order valence-corrected chi connectivity index (χ0v) is 11.9. The lowest BCUT2D eigenvalue weighted by Crippen LogP contribution is -2.01. The van der Waals surface area contributed by atoms with Crippen molar-refractivity contribution in [2.75, 3.05) is 5.73 Å². The number of anilines is 1. The standard InChI is InChI=1S/C13H8BrClFN3/c14-7-3-1-2-4-11(7)19-12-5-8(15)9(16)6-10(12)18-13(19)17/h1-6H,(H2,17,18). The van der Waals surface area contributed by atoms with Gasteiger partial charge in [-0.3, -0.25) is 4.57 Å². The molecule has 0 atom stereocenters. The maximum atomic E-state index is 13.4. The largest absolute Gasteiger partial charge is 0.369 e. The molecular formula is C13H8BrClFN3. The third kappa shape index (κ3) is 1.99. The number of rotatable bonds is 1. The SMILES string of the molecule is Nc1nc2cc(F)c(Cl)cc2n1-c1ccccc1Br. The van der Waals surface area contributed by atoms with Crippen molar-refractivity contribution in [3.05, 3.63) is 51.7 Å². The minimum Gasteiger partial charge on any atom is -0.369 e. The van der Waals surface area contributed by atoms with Crippen LogP contribution in [0.1, 0.15) is 0 Å². The van der Waals surface area contributed by atoms with Crippen molar-refractivity contribution in [2.24, 2.45) is 0 Å². The van der Waals surface area contributed by atoms with Gasteiger partial charge in [0, 0.05) is 10.5 Å². The van der Waals surface area contributed by atoms with Gasteiger partial charge in [0.05, 0.1) is 21.7 Å². The fourth-order valence-electron chi connectivity index (χ4n) is 1.98. The van der Waals surface area contributed by atoms with Crippen LogP contribution in [0.3, 0.4) is 0 Å². The smallest absolute Gasteiger partial charge is 0.205 e. The first-order valence-electron chi connectivity index (χ1n) is 5.46. The maximum absolute atomic E-state index is 13.4. The van der Waals surface area contributed by atoms with Crippen LogP contribution in [0.5, 0.6) is 0 Å². The van der Waals surface area contributed by atoms with E-state index in [0.717, 1.165) is 10.2 Å². The molecule has 2 N–H and O–H groups in total. The van der Waals surface area contributed by atoms with Crippen LogP contribution in [0.25, 0.3) is 16.7 Å². The quantitative estimate of drug-likeness (QED) is 0.723. The van der Waals surface area contributed by atoms with E-state index in [1.54, 1.807) is 4.57 Å². The normalized spacial score (nSPS) is 11.1. The van der Waals surface area contributed by atoms with Gasteiger partial charge >= 0.3 is 0 Å². The van der Waals surface area contributed by atoms with E-state index in [2.05, 4.69) is 20.9 Å². The van der Waals surface area contributed by atoms with E-state index in [-0.39, 0.29) is 11.0 Å². The zero-order valence-electron chi connectivity index (χ0n) is 9.57. The summed E-state index contributed by atoms with van der Waals surface area (Å²) in [4.78, 5) is 4.15. The summed E-state index contributed by atoms with van der Waals surface area (Å²) in [5, 5.41) is 0.0423. The van der Waals surface area contributed by atoms with E-state index < -0.39 is 5.82 Å². The highest BCUT2D eigenvalue weighted by molar-refractivity contribution is 9.10. The number of aromatic nitrogens is 2. The molecule has 0 aliphatic carbocycles. The summed E-state index contributed by atoms with van der Waals surface area (Å²) in [5.41, 5.74) is 7.87. The summed E-state index contributed by atoms with van der Waals surface area (Å²) in [6, 6.07) is 10.4. The minimum atomic E-state index is -0.508. The lowest BCUT2D eigenvalue weighted by Gasteiger charge is -2.08. The third-order valence-corrected chi connectivity index (χ3v) is 3.78. The molecule has 1 aromatic heterocycles. The van der Waals surface area contributed by atoms with Gasteiger partial charge in [0.1, 0.15) is 5.82 Å². The number of hydrogen-bond donors (Lipinski definition) is 1. The number of para-hydroxylation sites is 1.